The third-order valence-corrected chi connectivity index (χ3v) is 2.43. The van der Waals surface area contributed by atoms with Gasteiger partial charge in [0.1, 0.15) is 0 Å². The topological polar surface area (TPSA) is 52.3 Å². The molecule has 0 saturated heterocycles. The second-order valence-electron chi connectivity index (χ2n) is 3.78. The maximum Gasteiger partial charge on any atom is 0.307 e. The minimum absolute atomic E-state index is 0.0842. The van der Waals surface area contributed by atoms with Crippen molar-refractivity contribution in [3.8, 4) is 0 Å². The Morgan fingerprint density at radius 3 is 2.31 bits per heavy atom. The molecule has 2 N–H and O–H groups in total. The van der Waals surface area contributed by atoms with E-state index in [1.54, 1.807) is 6.92 Å². The smallest absolute Gasteiger partial charge is 0.307 e. The van der Waals surface area contributed by atoms with E-state index in [0.29, 0.717) is 24.9 Å². The van der Waals surface area contributed by atoms with E-state index in [1.165, 1.54) is 0 Å². The lowest BCUT2D eigenvalue weighted by Crippen LogP contribution is -2.34. The third kappa shape index (κ3) is 4.88. The molecule has 13 heavy (non-hydrogen) atoms. The van der Waals surface area contributed by atoms with Crippen LogP contribution in [0.4, 0.5) is 0 Å². The molecule has 0 saturated carbocycles. The Kier molecular flexibility index (Phi) is 5.71. The zero-order valence-electron chi connectivity index (χ0n) is 9.04. The standard InChI is InChI=1S/C10H21NO2/c1-5-13-10(12)6-9(11)8(4)7(2)3/h7-9H,5-6,11H2,1-4H3/t8?,9-/m0/s1. The molecule has 3 nitrogen and oxygen atoms in total. The lowest BCUT2D eigenvalue weighted by molar-refractivity contribution is -0.143. The SMILES string of the molecule is CCOC(=O)C[C@H](N)C(C)C(C)C. The largest absolute Gasteiger partial charge is 0.466 e. The van der Waals surface area contributed by atoms with Crippen LogP contribution in [-0.4, -0.2) is 18.6 Å². The van der Waals surface area contributed by atoms with E-state index >= 15 is 0 Å². The molecule has 0 spiro atoms. The summed E-state index contributed by atoms with van der Waals surface area (Å²) in [5.74, 6) is 0.663. The van der Waals surface area contributed by atoms with Crippen LogP contribution in [0.25, 0.3) is 0 Å². The van der Waals surface area contributed by atoms with E-state index in [2.05, 4.69) is 20.8 Å². The van der Waals surface area contributed by atoms with Gasteiger partial charge in [0.15, 0.2) is 0 Å². The van der Waals surface area contributed by atoms with Crippen molar-refractivity contribution in [1.29, 1.82) is 0 Å². The van der Waals surface area contributed by atoms with Crippen LogP contribution < -0.4 is 5.73 Å². The number of carbonyl (C=O) groups is 1. The minimum Gasteiger partial charge on any atom is -0.466 e. The van der Waals surface area contributed by atoms with Crippen molar-refractivity contribution in [3.63, 3.8) is 0 Å². The molecule has 78 valence electrons. The Hall–Kier alpha value is -0.570. The molecule has 0 aliphatic heterocycles. The summed E-state index contributed by atoms with van der Waals surface area (Å²) in [6, 6.07) is -0.0842. The van der Waals surface area contributed by atoms with Crippen molar-refractivity contribution in [2.75, 3.05) is 6.61 Å². The molecule has 0 aromatic heterocycles. The van der Waals surface area contributed by atoms with Gasteiger partial charge in [-0.25, -0.2) is 0 Å². The van der Waals surface area contributed by atoms with Gasteiger partial charge in [0.25, 0.3) is 0 Å². The van der Waals surface area contributed by atoms with Gasteiger partial charge in [-0.3, -0.25) is 4.79 Å². The zero-order valence-corrected chi connectivity index (χ0v) is 9.04. The second-order valence-corrected chi connectivity index (χ2v) is 3.78. The van der Waals surface area contributed by atoms with Crippen molar-refractivity contribution >= 4 is 5.97 Å². The fraction of sp³-hybridized carbons (Fsp3) is 0.900. The molecular weight excluding hydrogens is 166 g/mol. The highest BCUT2D eigenvalue weighted by molar-refractivity contribution is 5.70. The van der Waals surface area contributed by atoms with Crippen LogP contribution in [0.15, 0.2) is 0 Å². The molecule has 0 radical (unpaired) electrons. The van der Waals surface area contributed by atoms with Crippen molar-refractivity contribution in [1.82, 2.24) is 0 Å². The molecule has 2 atom stereocenters. The quantitative estimate of drug-likeness (QED) is 0.664. The van der Waals surface area contributed by atoms with Crippen molar-refractivity contribution in [3.05, 3.63) is 0 Å². The molecule has 0 aliphatic carbocycles. The number of rotatable bonds is 5. The van der Waals surface area contributed by atoms with E-state index in [4.69, 9.17) is 10.5 Å². The summed E-state index contributed by atoms with van der Waals surface area (Å²) in [6.45, 7) is 8.51. The molecule has 0 aromatic carbocycles. The van der Waals surface area contributed by atoms with Crippen molar-refractivity contribution in [2.45, 2.75) is 40.2 Å². The first-order valence-electron chi connectivity index (χ1n) is 4.90. The van der Waals surface area contributed by atoms with Crippen LogP contribution in [0.2, 0.25) is 0 Å². The highest BCUT2D eigenvalue weighted by atomic mass is 16.5. The summed E-state index contributed by atoms with van der Waals surface area (Å²) >= 11 is 0. The van der Waals surface area contributed by atoms with Gasteiger partial charge in [0.2, 0.25) is 0 Å². The average molecular weight is 187 g/mol. The summed E-state index contributed by atoms with van der Waals surface area (Å²) < 4.78 is 4.82. The molecular formula is C10H21NO2. The number of esters is 1. The van der Waals surface area contributed by atoms with Crippen molar-refractivity contribution < 1.29 is 9.53 Å². The van der Waals surface area contributed by atoms with Gasteiger partial charge in [-0.15, -0.1) is 0 Å². The number of carbonyl (C=O) groups excluding carboxylic acids is 1. The van der Waals surface area contributed by atoms with Gasteiger partial charge in [-0.2, -0.15) is 0 Å². The molecule has 3 heteroatoms. The zero-order chi connectivity index (χ0) is 10.4. The molecule has 0 heterocycles. The van der Waals surface area contributed by atoms with Gasteiger partial charge < -0.3 is 10.5 Å². The van der Waals surface area contributed by atoms with Gasteiger partial charge in [0.05, 0.1) is 13.0 Å². The summed E-state index contributed by atoms with van der Waals surface area (Å²) in [7, 11) is 0. The van der Waals surface area contributed by atoms with Crippen LogP contribution in [0, 0.1) is 11.8 Å². The van der Waals surface area contributed by atoms with E-state index < -0.39 is 0 Å². The van der Waals surface area contributed by atoms with Crippen LogP contribution in [0.1, 0.15) is 34.1 Å². The molecule has 0 fully saturated rings. The van der Waals surface area contributed by atoms with E-state index in [-0.39, 0.29) is 12.0 Å². The van der Waals surface area contributed by atoms with Gasteiger partial charge in [-0.1, -0.05) is 20.8 Å². The Morgan fingerprint density at radius 1 is 1.38 bits per heavy atom. The monoisotopic (exact) mass is 187 g/mol. The number of nitrogens with two attached hydrogens (primary N) is 1. The predicted molar refractivity (Wildman–Crippen MR) is 53.2 cm³/mol. The first-order chi connectivity index (χ1) is 5.99. The predicted octanol–water partition coefficient (Wildman–Crippen LogP) is 1.56. The highest BCUT2D eigenvalue weighted by Gasteiger charge is 2.19. The summed E-state index contributed by atoms with van der Waals surface area (Å²) in [4.78, 5) is 11.1. The summed E-state index contributed by atoms with van der Waals surface area (Å²) in [6.07, 6.45) is 0.327. The van der Waals surface area contributed by atoms with E-state index in [0.717, 1.165) is 0 Å². The van der Waals surface area contributed by atoms with Gasteiger partial charge >= 0.3 is 5.97 Å². The Morgan fingerprint density at radius 2 is 1.92 bits per heavy atom. The summed E-state index contributed by atoms with van der Waals surface area (Å²) in [5, 5.41) is 0. The summed E-state index contributed by atoms with van der Waals surface area (Å²) in [5.41, 5.74) is 5.85. The number of hydrogen-bond donors (Lipinski definition) is 1. The third-order valence-electron chi connectivity index (χ3n) is 2.43. The fourth-order valence-corrected chi connectivity index (χ4v) is 1.09. The maximum absolute atomic E-state index is 11.1. The Labute approximate surface area is 80.6 Å². The molecule has 0 amide bonds. The number of ether oxygens (including phenoxy) is 1. The first kappa shape index (κ1) is 12.4. The molecule has 0 aliphatic rings. The van der Waals surface area contributed by atoms with Crippen LogP contribution in [-0.2, 0) is 9.53 Å². The molecule has 0 aromatic rings. The Bertz CT molecular complexity index is 157. The van der Waals surface area contributed by atoms with Gasteiger partial charge in [-0.05, 0) is 18.8 Å². The van der Waals surface area contributed by atoms with Crippen LogP contribution in [0.5, 0.6) is 0 Å². The van der Waals surface area contributed by atoms with E-state index in [1.807, 2.05) is 0 Å². The fourth-order valence-electron chi connectivity index (χ4n) is 1.09. The van der Waals surface area contributed by atoms with E-state index in [9.17, 15) is 4.79 Å². The van der Waals surface area contributed by atoms with Crippen LogP contribution >= 0.6 is 0 Å². The van der Waals surface area contributed by atoms with Gasteiger partial charge in [0, 0.05) is 6.04 Å². The molecule has 1 unspecified atom stereocenters. The molecule has 0 bridgehead atoms. The van der Waals surface area contributed by atoms with Crippen LogP contribution in [0.3, 0.4) is 0 Å². The van der Waals surface area contributed by atoms with Crippen molar-refractivity contribution in [2.24, 2.45) is 17.6 Å². The second kappa shape index (κ2) is 5.97. The first-order valence-corrected chi connectivity index (χ1v) is 4.90. The normalized spacial score (nSPS) is 15.5. The number of hydrogen-bond acceptors (Lipinski definition) is 3. The maximum atomic E-state index is 11.1. The lowest BCUT2D eigenvalue weighted by Gasteiger charge is -2.22. The molecule has 0 rings (SSSR count). The average Bonchev–Trinajstić information content (AvgIpc) is 2.03. The lowest BCUT2D eigenvalue weighted by atomic mass is 9.89. The Balaban J connectivity index is 3.85. The highest BCUT2D eigenvalue weighted by Crippen LogP contribution is 2.15. The minimum atomic E-state index is -0.192.